The molecule has 0 heterocycles. The van der Waals surface area contributed by atoms with Crippen LogP contribution >= 0.6 is 0 Å². The van der Waals surface area contributed by atoms with Gasteiger partial charge in [-0.3, -0.25) is 4.79 Å². The summed E-state index contributed by atoms with van der Waals surface area (Å²) in [4.78, 5) is 11.5. The Morgan fingerprint density at radius 3 is 2.83 bits per heavy atom. The lowest BCUT2D eigenvalue weighted by Crippen LogP contribution is -2.30. The van der Waals surface area contributed by atoms with Crippen LogP contribution in [0.1, 0.15) is 37.0 Å². The first kappa shape index (κ1) is 12.9. The number of aryl methyl sites for hydroxylation is 1. The SMILES string of the molecule is Cc1cc(C(C)O)ccc1OCC(=O)NC1CC1. The summed E-state index contributed by atoms with van der Waals surface area (Å²) in [7, 11) is 0. The Hall–Kier alpha value is -1.55. The van der Waals surface area contributed by atoms with Crippen LogP contribution in [0, 0.1) is 6.92 Å². The fourth-order valence-electron chi connectivity index (χ4n) is 1.73. The fourth-order valence-corrected chi connectivity index (χ4v) is 1.73. The highest BCUT2D eigenvalue weighted by atomic mass is 16.5. The van der Waals surface area contributed by atoms with Gasteiger partial charge in [-0.2, -0.15) is 0 Å². The molecule has 18 heavy (non-hydrogen) atoms. The maximum absolute atomic E-state index is 11.5. The normalized spacial score (nSPS) is 16.2. The number of carbonyl (C=O) groups excluding carboxylic acids is 1. The maximum atomic E-state index is 11.5. The average Bonchev–Trinajstić information content (AvgIpc) is 3.11. The smallest absolute Gasteiger partial charge is 0.258 e. The molecule has 0 bridgehead atoms. The topological polar surface area (TPSA) is 58.6 Å². The zero-order chi connectivity index (χ0) is 13.1. The number of nitrogens with one attached hydrogen (secondary N) is 1. The summed E-state index contributed by atoms with van der Waals surface area (Å²) >= 11 is 0. The molecule has 0 aliphatic heterocycles. The van der Waals surface area contributed by atoms with Crippen LogP contribution in [0.2, 0.25) is 0 Å². The van der Waals surface area contributed by atoms with E-state index in [4.69, 9.17) is 4.74 Å². The van der Waals surface area contributed by atoms with Gasteiger partial charge in [-0.15, -0.1) is 0 Å². The first-order valence-electron chi connectivity index (χ1n) is 6.27. The molecule has 0 saturated heterocycles. The average molecular weight is 249 g/mol. The van der Waals surface area contributed by atoms with E-state index in [-0.39, 0.29) is 12.5 Å². The van der Waals surface area contributed by atoms with Gasteiger partial charge >= 0.3 is 0 Å². The van der Waals surface area contributed by atoms with Crippen LogP contribution in [0.5, 0.6) is 5.75 Å². The molecule has 1 saturated carbocycles. The van der Waals surface area contributed by atoms with Crippen molar-refractivity contribution in [2.75, 3.05) is 6.61 Å². The van der Waals surface area contributed by atoms with Crippen LogP contribution in [-0.2, 0) is 4.79 Å². The van der Waals surface area contributed by atoms with E-state index in [9.17, 15) is 9.90 Å². The summed E-state index contributed by atoms with van der Waals surface area (Å²) in [6, 6.07) is 5.84. The van der Waals surface area contributed by atoms with Gasteiger partial charge in [0, 0.05) is 6.04 Å². The first-order valence-corrected chi connectivity index (χ1v) is 6.27. The highest BCUT2D eigenvalue weighted by Gasteiger charge is 2.23. The Morgan fingerprint density at radius 1 is 1.56 bits per heavy atom. The molecule has 4 heteroatoms. The number of benzene rings is 1. The molecular formula is C14H19NO3. The van der Waals surface area contributed by atoms with Crippen LogP contribution in [0.4, 0.5) is 0 Å². The van der Waals surface area contributed by atoms with E-state index in [0.29, 0.717) is 11.8 Å². The third kappa shape index (κ3) is 3.47. The van der Waals surface area contributed by atoms with Crippen LogP contribution in [0.15, 0.2) is 18.2 Å². The van der Waals surface area contributed by atoms with E-state index in [2.05, 4.69) is 5.32 Å². The third-order valence-corrected chi connectivity index (χ3v) is 2.98. The summed E-state index contributed by atoms with van der Waals surface area (Å²) in [6.07, 6.45) is 1.66. The number of carbonyl (C=O) groups is 1. The maximum Gasteiger partial charge on any atom is 0.258 e. The molecule has 1 unspecified atom stereocenters. The second-order valence-electron chi connectivity index (χ2n) is 4.83. The molecule has 1 aliphatic rings. The molecule has 0 spiro atoms. The van der Waals surface area contributed by atoms with Gasteiger partial charge in [0.05, 0.1) is 6.10 Å². The highest BCUT2D eigenvalue weighted by molar-refractivity contribution is 5.78. The van der Waals surface area contributed by atoms with E-state index < -0.39 is 6.10 Å². The van der Waals surface area contributed by atoms with Crippen LogP contribution in [-0.4, -0.2) is 23.7 Å². The molecule has 1 aromatic rings. The predicted molar refractivity (Wildman–Crippen MR) is 68.5 cm³/mol. The summed E-state index contributed by atoms with van der Waals surface area (Å²) in [5.74, 6) is 0.613. The lowest BCUT2D eigenvalue weighted by atomic mass is 10.1. The van der Waals surface area contributed by atoms with E-state index in [0.717, 1.165) is 24.0 Å². The van der Waals surface area contributed by atoms with Crippen molar-refractivity contribution in [3.05, 3.63) is 29.3 Å². The molecule has 1 atom stereocenters. The third-order valence-electron chi connectivity index (χ3n) is 2.98. The quantitative estimate of drug-likeness (QED) is 0.835. The molecule has 1 amide bonds. The summed E-state index contributed by atoms with van der Waals surface area (Å²) < 4.78 is 5.47. The monoisotopic (exact) mass is 249 g/mol. The minimum Gasteiger partial charge on any atom is -0.484 e. The second kappa shape index (κ2) is 5.40. The summed E-state index contributed by atoms with van der Waals surface area (Å²) in [5, 5.41) is 12.3. The van der Waals surface area contributed by atoms with Gasteiger partial charge in [0.15, 0.2) is 6.61 Å². The molecule has 1 aromatic carbocycles. The van der Waals surface area contributed by atoms with E-state index in [1.54, 1.807) is 13.0 Å². The van der Waals surface area contributed by atoms with Gasteiger partial charge in [0.2, 0.25) is 0 Å². The van der Waals surface area contributed by atoms with Gasteiger partial charge in [-0.25, -0.2) is 0 Å². The van der Waals surface area contributed by atoms with E-state index in [1.807, 2.05) is 19.1 Å². The predicted octanol–water partition coefficient (Wildman–Crippen LogP) is 1.71. The van der Waals surface area contributed by atoms with Crippen molar-refractivity contribution in [1.29, 1.82) is 0 Å². The zero-order valence-corrected chi connectivity index (χ0v) is 10.8. The lowest BCUT2D eigenvalue weighted by Gasteiger charge is -2.11. The molecule has 2 rings (SSSR count). The van der Waals surface area contributed by atoms with Gasteiger partial charge in [-0.05, 0) is 49.9 Å². The van der Waals surface area contributed by atoms with Crippen LogP contribution in [0.3, 0.4) is 0 Å². The molecule has 4 nitrogen and oxygen atoms in total. The molecule has 0 radical (unpaired) electrons. The van der Waals surface area contributed by atoms with Gasteiger partial charge in [-0.1, -0.05) is 6.07 Å². The molecular weight excluding hydrogens is 230 g/mol. The fraction of sp³-hybridized carbons (Fsp3) is 0.500. The Morgan fingerprint density at radius 2 is 2.28 bits per heavy atom. The first-order chi connectivity index (χ1) is 8.56. The molecule has 2 N–H and O–H groups in total. The minimum absolute atomic E-state index is 0.0470. The van der Waals surface area contributed by atoms with E-state index in [1.165, 1.54) is 0 Å². The van der Waals surface area contributed by atoms with Crippen molar-refractivity contribution in [3.8, 4) is 5.75 Å². The number of hydrogen-bond donors (Lipinski definition) is 2. The van der Waals surface area contributed by atoms with Crippen molar-refractivity contribution >= 4 is 5.91 Å². The van der Waals surface area contributed by atoms with Crippen molar-refractivity contribution in [1.82, 2.24) is 5.32 Å². The van der Waals surface area contributed by atoms with Crippen LogP contribution < -0.4 is 10.1 Å². The molecule has 98 valence electrons. The minimum atomic E-state index is -0.490. The second-order valence-corrected chi connectivity index (χ2v) is 4.83. The summed E-state index contributed by atoms with van der Waals surface area (Å²) in [6.45, 7) is 3.67. The zero-order valence-electron chi connectivity index (χ0n) is 10.8. The number of ether oxygens (including phenoxy) is 1. The van der Waals surface area contributed by atoms with Gasteiger partial charge < -0.3 is 15.2 Å². The molecule has 1 fully saturated rings. The van der Waals surface area contributed by atoms with Gasteiger partial charge in [0.1, 0.15) is 5.75 Å². The van der Waals surface area contributed by atoms with Crippen molar-refractivity contribution < 1.29 is 14.6 Å². The number of aliphatic hydroxyl groups excluding tert-OH is 1. The highest BCUT2D eigenvalue weighted by Crippen LogP contribution is 2.23. The standard InChI is InChI=1S/C14H19NO3/c1-9-7-11(10(2)16)3-6-13(9)18-8-14(17)15-12-4-5-12/h3,6-7,10,12,16H,4-5,8H2,1-2H3,(H,15,17). The Labute approximate surface area is 107 Å². The Kier molecular flexibility index (Phi) is 3.87. The Balaban J connectivity index is 1.90. The molecule has 0 aromatic heterocycles. The molecule has 1 aliphatic carbocycles. The summed E-state index contributed by atoms with van der Waals surface area (Å²) in [5.41, 5.74) is 1.77. The lowest BCUT2D eigenvalue weighted by molar-refractivity contribution is -0.123. The van der Waals surface area contributed by atoms with Gasteiger partial charge in [0.25, 0.3) is 5.91 Å². The van der Waals surface area contributed by atoms with Crippen molar-refractivity contribution in [3.63, 3.8) is 0 Å². The van der Waals surface area contributed by atoms with Crippen molar-refractivity contribution in [2.24, 2.45) is 0 Å². The number of aliphatic hydroxyl groups is 1. The van der Waals surface area contributed by atoms with Crippen LogP contribution in [0.25, 0.3) is 0 Å². The largest absolute Gasteiger partial charge is 0.484 e. The van der Waals surface area contributed by atoms with Crippen molar-refractivity contribution in [2.45, 2.75) is 38.8 Å². The number of hydrogen-bond acceptors (Lipinski definition) is 3. The number of rotatable bonds is 5. The Bertz CT molecular complexity index is 439. The number of amides is 1. The van der Waals surface area contributed by atoms with E-state index >= 15 is 0 Å².